The molecule has 2 atom stereocenters. The number of nitrogens with zero attached hydrogens (tertiary/aromatic N) is 3. The molecular formula is C26H31BrN4O2. The number of rotatable bonds is 7. The summed E-state index contributed by atoms with van der Waals surface area (Å²) in [5, 5.41) is 7.47. The van der Waals surface area contributed by atoms with Gasteiger partial charge in [-0.15, -0.1) is 0 Å². The number of hydrogen-bond acceptors (Lipinski definition) is 5. The van der Waals surface area contributed by atoms with E-state index in [2.05, 4.69) is 69.2 Å². The first-order chi connectivity index (χ1) is 15.9. The first-order valence-electron chi connectivity index (χ1n) is 11.6. The lowest BCUT2D eigenvalue weighted by Gasteiger charge is -2.33. The standard InChI is InChI=1S/C26H31BrN4O2/c1-17(2)24(22-12-5-4-8-18(22)3)29-26(32)20-10-7-13-31(15-20)16-23-28-25(30-33-23)19-9-6-11-21(27)14-19/h4-6,8-9,11-12,14,17,20,24H,7,10,13,15-16H2,1-3H3,(H,29,32). The van der Waals surface area contributed by atoms with Crippen molar-refractivity contribution in [3.8, 4) is 11.4 Å². The van der Waals surface area contributed by atoms with Crippen LogP contribution in [-0.2, 0) is 11.3 Å². The van der Waals surface area contributed by atoms with Crippen molar-refractivity contribution in [2.24, 2.45) is 11.8 Å². The van der Waals surface area contributed by atoms with Crippen molar-refractivity contribution >= 4 is 21.8 Å². The quantitative estimate of drug-likeness (QED) is 0.452. The van der Waals surface area contributed by atoms with Gasteiger partial charge in [-0.25, -0.2) is 0 Å². The SMILES string of the molecule is Cc1ccccc1C(NC(=O)C1CCCN(Cc2nc(-c3cccc(Br)c3)no2)C1)C(C)C. The van der Waals surface area contributed by atoms with Crippen LogP contribution in [0.25, 0.3) is 11.4 Å². The first-order valence-corrected chi connectivity index (χ1v) is 12.4. The Balaban J connectivity index is 1.39. The van der Waals surface area contributed by atoms with E-state index in [4.69, 9.17) is 4.52 Å². The van der Waals surface area contributed by atoms with Gasteiger partial charge in [-0.3, -0.25) is 9.69 Å². The second-order valence-electron chi connectivity index (χ2n) is 9.18. The average molecular weight is 511 g/mol. The van der Waals surface area contributed by atoms with E-state index in [-0.39, 0.29) is 17.9 Å². The number of piperidine rings is 1. The highest BCUT2D eigenvalue weighted by molar-refractivity contribution is 9.10. The number of halogens is 1. The molecule has 7 heteroatoms. The van der Waals surface area contributed by atoms with Crippen molar-refractivity contribution in [2.75, 3.05) is 13.1 Å². The zero-order chi connectivity index (χ0) is 23.4. The van der Waals surface area contributed by atoms with Gasteiger partial charge in [-0.2, -0.15) is 4.98 Å². The van der Waals surface area contributed by atoms with E-state index in [1.54, 1.807) is 0 Å². The number of aromatic nitrogens is 2. The molecular weight excluding hydrogens is 480 g/mol. The molecule has 1 saturated heterocycles. The van der Waals surface area contributed by atoms with Crippen molar-refractivity contribution in [2.45, 2.75) is 46.2 Å². The molecule has 0 radical (unpaired) electrons. The molecule has 1 fully saturated rings. The maximum atomic E-state index is 13.2. The number of benzene rings is 2. The van der Waals surface area contributed by atoms with Crippen LogP contribution in [0.15, 0.2) is 57.5 Å². The maximum Gasteiger partial charge on any atom is 0.241 e. The molecule has 0 bridgehead atoms. The second kappa shape index (κ2) is 10.6. The molecule has 33 heavy (non-hydrogen) atoms. The van der Waals surface area contributed by atoms with E-state index in [0.29, 0.717) is 30.7 Å². The highest BCUT2D eigenvalue weighted by Gasteiger charge is 2.29. The van der Waals surface area contributed by atoms with Crippen LogP contribution in [-0.4, -0.2) is 34.0 Å². The summed E-state index contributed by atoms with van der Waals surface area (Å²) in [5.74, 6) is 1.55. The second-order valence-corrected chi connectivity index (χ2v) is 10.1. The van der Waals surface area contributed by atoms with Crippen LogP contribution in [0.5, 0.6) is 0 Å². The minimum Gasteiger partial charge on any atom is -0.349 e. The third-order valence-electron chi connectivity index (χ3n) is 6.27. The fourth-order valence-electron chi connectivity index (χ4n) is 4.48. The molecule has 1 aliphatic rings. The monoisotopic (exact) mass is 510 g/mol. The zero-order valence-electron chi connectivity index (χ0n) is 19.4. The van der Waals surface area contributed by atoms with Crippen LogP contribution in [0.2, 0.25) is 0 Å². The Morgan fingerprint density at radius 1 is 1.24 bits per heavy atom. The Labute approximate surface area is 203 Å². The van der Waals surface area contributed by atoms with E-state index in [9.17, 15) is 4.79 Å². The fraction of sp³-hybridized carbons (Fsp3) is 0.423. The summed E-state index contributed by atoms with van der Waals surface area (Å²) in [6, 6.07) is 16.2. The van der Waals surface area contributed by atoms with Crippen molar-refractivity contribution < 1.29 is 9.32 Å². The predicted molar refractivity (Wildman–Crippen MR) is 132 cm³/mol. The van der Waals surface area contributed by atoms with Gasteiger partial charge in [0, 0.05) is 16.6 Å². The Morgan fingerprint density at radius 3 is 2.82 bits per heavy atom. The molecule has 1 N–H and O–H groups in total. The number of hydrogen-bond donors (Lipinski definition) is 1. The number of amides is 1. The molecule has 2 aromatic carbocycles. The van der Waals surface area contributed by atoms with Crippen LogP contribution in [0.1, 0.15) is 49.7 Å². The Kier molecular flexibility index (Phi) is 7.60. The lowest BCUT2D eigenvalue weighted by atomic mass is 9.91. The van der Waals surface area contributed by atoms with Crippen LogP contribution >= 0.6 is 15.9 Å². The maximum absolute atomic E-state index is 13.2. The van der Waals surface area contributed by atoms with E-state index >= 15 is 0 Å². The van der Waals surface area contributed by atoms with Crippen LogP contribution in [0, 0.1) is 18.8 Å². The molecule has 4 rings (SSSR count). The summed E-state index contributed by atoms with van der Waals surface area (Å²) in [6.07, 6.45) is 1.87. The van der Waals surface area contributed by atoms with Gasteiger partial charge >= 0.3 is 0 Å². The third-order valence-corrected chi connectivity index (χ3v) is 6.77. The Bertz CT molecular complexity index is 1100. The van der Waals surface area contributed by atoms with Gasteiger partial charge < -0.3 is 9.84 Å². The molecule has 6 nitrogen and oxygen atoms in total. The average Bonchev–Trinajstić information content (AvgIpc) is 3.26. The summed E-state index contributed by atoms with van der Waals surface area (Å²) in [6.45, 7) is 8.58. The van der Waals surface area contributed by atoms with Gasteiger partial charge in [-0.05, 0) is 55.5 Å². The minimum absolute atomic E-state index is 0.0118. The molecule has 174 valence electrons. The van der Waals surface area contributed by atoms with Crippen molar-refractivity contribution in [1.82, 2.24) is 20.4 Å². The van der Waals surface area contributed by atoms with Gasteiger partial charge in [0.05, 0.1) is 18.5 Å². The highest BCUT2D eigenvalue weighted by atomic mass is 79.9. The van der Waals surface area contributed by atoms with E-state index in [1.807, 2.05) is 36.4 Å². The van der Waals surface area contributed by atoms with Gasteiger partial charge in [0.2, 0.25) is 17.6 Å². The molecule has 1 amide bonds. The van der Waals surface area contributed by atoms with E-state index in [0.717, 1.165) is 29.4 Å². The van der Waals surface area contributed by atoms with Gasteiger partial charge in [0.1, 0.15) is 0 Å². The van der Waals surface area contributed by atoms with Crippen molar-refractivity contribution in [1.29, 1.82) is 0 Å². The summed E-state index contributed by atoms with van der Waals surface area (Å²) >= 11 is 3.48. The number of carbonyl (C=O) groups excluding carboxylic acids is 1. The number of likely N-dealkylation sites (tertiary alicyclic amines) is 1. The smallest absolute Gasteiger partial charge is 0.241 e. The molecule has 1 aliphatic heterocycles. The molecule has 2 heterocycles. The summed E-state index contributed by atoms with van der Waals surface area (Å²) in [4.78, 5) is 20.0. The fourth-order valence-corrected chi connectivity index (χ4v) is 4.88. The zero-order valence-corrected chi connectivity index (χ0v) is 21.0. The molecule has 3 aromatic rings. The minimum atomic E-state index is -0.0449. The lowest BCUT2D eigenvalue weighted by Crippen LogP contribution is -2.44. The van der Waals surface area contributed by atoms with E-state index < -0.39 is 0 Å². The third kappa shape index (κ3) is 5.89. The molecule has 0 saturated carbocycles. The van der Waals surface area contributed by atoms with Gasteiger partial charge in [0.25, 0.3) is 0 Å². The van der Waals surface area contributed by atoms with Gasteiger partial charge in [0.15, 0.2) is 0 Å². The van der Waals surface area contributed by atoms with Crippen LogP contribution in [0.3, 0.4) is 0 Å². The number of nitrogens with one attached hydrogen (secondary N) is 1. The van der Waals surface area contributed by atoms with Crippen molar-refractivity contribution in [3.05, 3.63) is 70.0 Å². The summed E-state index contributed by atoms with van der Waals surface area (Å²) < 4.78 is 6.48. The van der Waals surface area contributed by atoms with Crippen molar-refractivity contribution in [3.63, 3.8) is 0 Å². The molecule has 0 spiro atoms. The predicted octanol–water partition coefficient (Wildman–Crippen LogP) is 5.53. The largest absolute Gasteiger partial charge is 0.349 e. The Morgan fingerprint density at radius 2 is 2.06 bits per heavy atom. The normalized spacial score (nSPS) is 17.8. The van der Waals surface area contributed by atoms with Crippen LogP contribution in [0.4, 0.5) is 0 Å². The van der Waals surface area contributed by atoms with Crippen LogP contribution < -0.4 is 5.32 Å². The summed E-state index contributed by atoms with van der Waals surface area (Å²) in [5.41, 5.74) is 3.31. The number of carbonyl (C=O) groups is 1. The molecule has 1 aromatic heterocycles. The Hall–Kier alpha value is -2.51. The topological polar surface area (TPSA) is 71.3 Å². The lowest BCUT2D eigenvalue weighted by molar-refractivity contribution is -0.128. The molecule has 2 unspecified atom stereocenters. The van der Waals surface area contributed by atoms with Gasteiger partial charge in [-0.1, -0.05) is 71.3 Å². The molecule has 0 aliphatic carbocycles. The van der Waals surface area contributed by atoms with E-state index in [1.165, 1.54) is 11.1 Å². The number of aryl methyl sites for hydroxylation is 1. The summed E-state index contributed by atoms with van der Waals surface area (Å²) in [7, 11) is 0. The highest BCUT2D eigenvalue weighted by Crippen LogP contribution is 2.27. The first kappa shape index (κ1) is 23.6.